The summed E-state index contributed by atoms with van der Waals surface area (Å²) in [4.78, 5) is 24.0. The van der Waals surface area contributed by atoms with E-state index < -0.39 is 4.92 Å². The number of nitro benzene ring substituents is 1. The van der Waals surface area contributed by atoms with Crippen molar-refractivity contribution >= 4 is 51.0 Å². The van der Waals surface area contributed by atoms with Crippen molar-refractivity contribution in [3.63, 3.8) is 0 Å². The van der Waals surface area contributed by atoms with Gasteiger partial charge in [0.05, 0.1) is 17.6 Å². The Morgan fingerprint density at radius 2 is 2.14 bits per heavy atom. The van der Waals surface area contributed by atoms with Crippen LogP contribution in [0.15, 0.2) is 18.2 Å². The second-order valence-electron chi connectivity index (χ2n) is 6.88. The summed E-state index contributed by atoms with van der Waals surface area (Å²) in [6.07, 6.45) is 2.83. The van der Waals surface area contributed by atoms with Gasteiger partial charge in [-0.05, 0) is 61.5 Å². The molecule has 9 heteroatoms. The van der Waals surface area contributed by atoms with Crippen LogP contribution in [0, 0.1) is 23.0 Å². The van der Waals surface area contributed by atoms with E-state index in [4.69, 9.17) is 17.0 Å². The maximum Gasteiger partial charge on any atom is 0.341 e. The Hall–Kier alpha value is -2.52. The lowest BCUT2D eigenvalue weighted by Gasteiger charge is -2.18. The van der Waals surface area contributed by atoms with Crippen molar-refractivity contribution in [1.29, 1.82) is 0 Å². The van der Waals surface area contributed by atoms with E-state index in [-0.39, 0.29) is 11.7 Å². The van der Waals surface area contributed by atoms with E-state index in [1.165, 1.54) is 35.5 Å². The number of thiocarbonyl (C=S) groups is 1. The number of hydrogen-bond acceptors (Lipinski definition) is 6. The molecule has 1 aliphatic rings. The molecule has 2 aromatic rings. The molecule has 0 fully saturated rings. The summed E-state index contributed by atoms with van der Waals surface area (Å²) in [6, 6.07) is 4.52. The van der Waals surface area contributed by atoms with Crippen LogP contribution in [-0.2, 0) is 17.6 Å². The molecule has 28 heavy (non-hydrogen) atoms. The number of rotatable bonds is 4. The number of anilines is 2. The van der Waals surface area contributed by atoms with Gasteiger partial charge >= 0.3 is 5.97 Å². The number of thiophene rings is 1. The summed E-state index contributed by atoms with van der Waals surface area (Å²) in [5.41, 5.74) is 2.99. The zero-order valence-corrected chi connectivity index (χ0v) is 17.5. The summed E-state index contributed by atoms with van der Waals surface area (Å²) in [5.74, 6) is 0.209. The number of methoxy groups -OCH3 is 1. The Morgan fingerprint density at radius 3 is 2.79 bits per heavy atom. The van der Waals surface area contributed by atoms with Crippen LogP contribution in [0.1, 0.15) is 39.7 Å². The number of carbonyl (C=O) groups excluding carboxylic acids is 1. The molecule has 0 radical (unpaired) electrons. The number of hydrogen-bond donors (Lipinski definition) is 2. The number of benzene rings is 1. The summed E-state index contributed by atoms with van der Waals surface area (Å²) in [6.45, 7) is 3.97. The SMILES string of the molecule is COC(=O)c1c(NC(=S)Nc2ccc([N+](=O)[O-])cc2C)sc2c1CCC(C)C2. The predicted molar refractivity (Wildman–Crippen MR) is 115 cm³/mol. The Morgan fingerprint density at radius 1 is 1.39 bits per heavy atom. The third kappa shape index (κ3) is 4.15. The van der Waals surface area contributed by atoms with Crippen molar-refractivity contribution in [2.75, 3.05) is 17.7 Å². The van der Waals surface area contributed by atoms with Gasteiger partial charge in [0.25, 0.3) is 5.69 Å². The Bertz CT molecular complexity index is 955. The number of nitrogens with zero attached hydrogens (tertiary/aromatic N) is 1. The number of nitrogens with one attached hydrogen (secondary N) is 2. The monoisotopic (exact) mass is 419 g/mol. The van der Waals surface area contributed by atoms with Gasteiger partial charge in [-0.1, -0.05) is 6.92 Å². The van der Waals surface area contributed by atoms with E-state index in [0.29, 0.717) is 32.8 Å². The largest absolute Gasteiger partial charge is 0.465 e. The molecular weight excluding hydrogens is 398 g/mol. The lowest BCUT2D eigenvalue weighted by atomic mass is 9.88. The number of non-ortho nitro benzene ring substituents is 1. The van der Waals surface area contributed by atoms with Crippen LogP contribution >= 0.6 is 23.6 Å². The first-order valence-electron chi connectivity index (χ1n) is 8.86. The molecule has 0 saturated heterocycles. The summed E-state index contributed by atoms with van der Waals surface area (Å²) in [5, 5.41) is 18.0. The van der Waals surface area contributed by atoms with E-state index in [9.17, 15) is 14.9 Å². The first-order chi connectivity index (χ1) is 13.3. The molecule has 0 bridgehead atoms. The summed E-state index contributed by atoms with van der Waals surface area (Å²) < 4.78 is 4.98. The highest BCUT2D eigenvalue weighted by Crippen LogP contribution is 2.40. The average molecular weight is 420 g/mol. The minimum Gasteiger partial charge on any atom is -0.465 e. The maximum atomic E-state index is 12.4. The minimum absolute atomic E-state index is 0.0231. The quantitative estimate of drug-likeness (QED) is 0.321. The third-order valence-electron chi connectivity index (χ3n) is 4.80. The van der Waals surface area contributed by atoms with Gasteiger partial charge in [0, 0.05) is 22.7 Å². The van der Waals surface area contributed by atoms with Gasteiger partial charge in [-0.2, -0.15) is 0 Å². The molecule has 0 aliphatic heterocycles. The highest BCUT2D eigenvalue weighted by Gasteiger charge is 2.28. The van der Waals surface area contributed by atoms with Gasteiger partial charge in [-0.15, -0.1) is 11.3 Å². The Kier molecular flexibility index (Phi) is 5.95. The average Bonchev–Trinajstić information content (AvgIpc) is 2.99. The molecule has 1 unspecified atom stereocenters. The first-order valence-corrected chi connectivity index (χ1v) is 10.1. The smallest absolute Gasteiger partial charge is 0.341 e. The van der Waals surface area contributed by atoms with Crippen molar-refractivity contribution in [1.82, 2.24) is 0 Å². The van der Waals surface area contributed by atoms with Gasteiger partial charge in [0.2, 0.25) is 0 Å². The molecule has 148 valence electrons. The number of ether oxygens (including phenoxy) is 1. The van der Waals surface area contributed by atoms with Crippen LogP contribution in [-0.4, -0.2) is 23.1 Å². The van der Waals surface area contributed by atoms with Gasteiger partial charge in [-0.3, -0.25) is 10.1 Å². The van der Waals surface area contributed by atoms with E-state index in [2.05, 4.69) is 17.6 Å². The molecule has 1 heterocycles. The second-order valence-corrected chi connectivity index (χ2v) is 8.40. The second kappa shape index (κ2) is 8.24. The number of carbonyl (C=O) groups is 1. The molecule has 0 spiro atoms. The standard InChI is InChI=1S/C19H21N3O4S2/c1-10-4-6-13-15(8-10)28-17(16(13)18(23)26-3)21-19(27)20-14-7-5-12(22(24)25)9-11(14)2/h5,7,9-10H,4,6,8H2,1-3H3,(H2,20,21,27). The van der Waals surface area contributed by atoms with Crippen molar-refractivity contribution in [3.8, 4) is 0 Å². The van der Waals surface area contributed by atoms with Crippen LogP contribution in [0.3, 0.4) is 0 Å². The fourth-order valence-electron chi connectivity index (χ4n) is 3.32. The minimum atomic E-state index is -0.437. The van der Waals surface area contributed by atoms with E-state index >= 15 is 0 Å². The predicted octanol–water partition coefficient (Wildman–Crippen LogP) is 4.69. The third-order valence-corrected chi connectivity index (χ3v) is 6.17. The van der Waals surface area contributed by atoms with Crippen molar-refractivity contribution in [3.05, 3.63) is 49.9 Å². The van der Waals surface area contributed by atoms with Gasteiger partial charge < -0.3 is 15.4 Å². The summed E-state index contributed by atoms with van der Waals surface area (Å²) in [7, 11) is 1.37. The number of aryl methyl sites for hydroxylation is 1. The van der Waals surface area contributed by atoms with Crippen LogP contribution in [0.4, 0.5) is 16.4 Å². The van der Waals surface area contributed by atoms with Gasteiger partial charge in [0.15, 0.2) is 5.11 Å². The van der Waals surface area contributed by atoms with Crippen molar-refractivity contribution < 1.29 is 14.5 Å². The molecule has 7 nitrogen and oxygen atoms in total. The zero-order valence-electron chi connectivity index (χ0n) is 15.8. The van der Waals surface area contributed by atoms with Crippen LogP contribution < -0.4 is 10.6 Å². The zero-order chi connectivity index (χ0) is 20.4. The molecule has 1 aromatic carbocycles. The highest BCUT2D eigenvalue weighted by atomic mass is 32.1. The molecule has 1 aliphatic carbocycles. The van der Waals surface area contributed by atoms with Crippen molar-refractivity contribution in [2.45, 2.75) is 33.1 Å². The van der Waals surface area contributed by atoms with E-state index in [0.717, 1.165) is 24.8 Å². The fourth-order valence-corrected chi connectivity index (χ4v) is 5.00. The number of esters is 1. The van der Waals surface area contributed by atoms with Gasteiger partial charge in [-0.25, -0.2) is 4.79 Å². The maximum absolute atomic E-state index is 12.4. The molecular formula is C19H21N3O4S2. The topological polar surface area (TPSA) is 93.5 Å². The molecule has 3 rings (SSSR count). The van der Waals surface area contributed by atoms with Gasteiger partial charge in [0.1, 0.15) is 5.00 Å². The molecule has 2 N–H and O–H groups in total. The molecule has 0 amide bonds. The molecule has 0 saturated carbocycles. The van der Waals surface area contributed by atoms with Crippen LogP contribution in [0.25, 0.3) is 0 Å². The lowest BCUT2D eigenvalue weighted by Crippen LogP contribution is -2.21. The molecule has 1 aromatic heterocycles. The fraction of sp³-hybridized carbons (Fsp3) is 0.368. The number of fused-ring (bicyclic) bond motifs is 1. The molecule has 1 atom stereocenters. The van der Waals surface area contributed by atoms with E-state index in [1.807, 2.05) is 0 Å². The summed E-state index contributed by atoms with van der Waals surface area (Å²) >= 11 is 6.94. The first kappa shape index (κ1) is 20.2. The Labute approximate surface area is 172 Å². The highest BCUT2D eigenvalue weighted by molar-refractivity contribution is 7.80. The van der Waals surface area contributed by atoms with Crippen LogP contribution in [0.5, 0.6) is 0 Å². The van der Waals surface area contributed by atoms with Crippen LogP contribution in [0.2, 0.25) is 0 Å². The van der Waals surface area contributed by atoms with E-state index in [1.54, 1.807) is 13.0 Å². The van der Waals surface area contributed by atoms with Crippen molar-refractivity contribution in [2.24, 2.45) is 5.92 Å². The normalized spacial score (nSPS) is 15.5. The number of nitro groups is 1. The lowest BCUT2D eigenvalue weighted by molar-refractivity contribution is -0.384. The Balaban J connectivity index is 1.82.